The summed E-state index contributed by atoms with van der Waals surface area (Å²) in [4.78, 5) is 13.1. The fourth-order valence-electron chi connectivity index (χ4n) is 1.58. The van der Waals surface area contributed by atoms with Gasteiger partial charge in [0.15, 0.2) is 0 Å². The molecule has 1 aromatic carbocycles. The van der Waals surface area contributed by atoms with Crippen LogP contribution in [0, 0.1) is 5.82 Å². The van der Waals surface area contributed by atoms with Gasteiger partial charge in [0.25, 0.3) is 0 Å². The van der Waals surface area contributed by atoms with Crippen molar-refractivity contribution in [2.24, 2.45) is 5.73 Å². The molecule has 0 spiro atoms. The van der Waals surface area contributed by atoms with Gasteiger partial charge < -0.3 is 11.1 Å². The lowest BCUT2D eigenvalue weighted by Crippen LogP contribution is -2.32. The first-order valence-corrected chi connectivity index (χ1v) is 5.81. The molecule has 6 heteroatoms. The van der Waals surface area contributed by atoms with Crippen LogP contribution in [0.15, 0.2) is 18.2 Å². The number of rotatable bonds is 5. The number of benzene rings is 1. The van der Waals surface area contributed by atoms with Crippen molar-refractivity contribution in [3.8, 4) is 0 Å². The highest BCUT2D eigenvalue weighted by molar-refractivity contribution is 7.80. The van der Waals surface area contributed by atoms with Gasteiger partial charge in [-0.15, -0.1) is 0 Å². The van der Waals surface area contributed by atoms with Gasteiger partial charge in [0.2, 0.25) is 5.91 Å². The van der Waals surface area contributed by atoms with Crippen molar-refractivity contribution in [1.29, 1.82) is 0 Å². The zero-order chi connectivity index (χ0) is 13.7. The van der Waals surface area contributed by atoms with Gasteiger partial charge in [0, 0.05) is 19.2 Å². The number of carbonyl (C=O) groups excluding carboxylic acids is 1. The summed E-state index contributed by atoms with van der Waals surface area (Å²) in [6.45, 7) is 0.691. The second-order valence-electron chi connectivity index (χ2n) is 4.06. The minimum absolute atomic E-state index is 0.0940. The van der Waals surface area contributed by atoms with Crippen LogP contribution in [-0.4, -0.2) is 36.4 Å². The number of hydrogen-bond acceptors (Lipinski definition) is 3. The standard InChI is InChI=1S/C12H16FN3OS/c1-15-11(17)7-16(2)6-8-3-9(12(14)18)5-10(13)4-8/h3-5H,6-7H2,1-2H3,(H2,14,18)(H,15,17). The molecule has 0 aliphatic rings. The molecule has 0 aromatic heterocycles. The first-order chi connectivity index (χ1) is 8.42. The highest BCUT2D eigenvalue weighted by atomic mass is 32.1. The summed E-state index contributed by atoms with van der Waals surface area (Å²) in [5, 5.41) is 2.53. The fraction of sp³-hybridized carbons (Fsp3) is 0.333. The molecular weight excluding hydrogens is 253 g/mol. The molecule has 0 heterocycles. The average Bonchev–Trinajstić information content (AvgIpc) is 2.27. The fourth-order valence-corrected chi connectivity index (χ4v) is 1.69. The number of nitrogens with two attached hydrogens (primary N) is 1. The predicted molar refractivity (Wildman–Crippen MR) is 72.7 cm³/mol. The third kappa shape index (κ3) is 4.38. The number of nitrogens with one attached hydrogen (secondary N) is 1. The second-order valence-corrected chi connectivity index (χ2v) is 4.50. The maximum absolute atomic E-state index is 13.4. The lowest BCUT2D eigenvalue weighted by molar-refractivity contribution is -0.121. The molecule has 0 atom stereocenters. The highest BCUT2D eigenvalue weighted by Crippen LogP contribution is 2.11. The van der Waals surface area contributed by atoms with Gasteiger partial charge in [-0.3, -0.25) is 9.69 Å². The first kappa shape index (κ1) is 14.5. The lowest BCUT2D eigenvalue weighted by Gasteiger charge is -2.16. The zero-order valence-electron chi connectivity index (χ0n) is 10.4. The van der Waals surface area contributed by atoms with Crippen molar-refractivity contribution in [1.82, 2.24) is 10.2 Å². The van der Waals surface area contributed by atoms with E-state index >= 15 is 0 Å². The number of amides is 1. The summed E-state index contributed by atoms with van der Waals surface area (Å²) in [6.07, 6.45) is 0. The summed E-state index contributed by atoms with van der Waals surface area (Å²) in [5.41, 5.74) is 6.69. The van der Waals surface area contributed by atoms with Crippen molar-refractivity contribution < 1.29 is 9.18 Å². The molecule has 98 valence electrons. The molecule has 1 amide bonds. The van der Waals surface area contributed by atoms with Gasteiger partial charge in [-0.1, -0.05) is 12.2 Å². The quantitative estimate of drug-likeness (QED) is 0.770. The minimum Gasteiger partial charge on any atom is -0.389 e. The van der Waals surface area contributed by atoms with Crippen molar-refractivity contribution in [3.63, 3.8) is 0 Å². The van der Waals surface area contributed by atoms with Gasteiger partial charge in [0.05, 0.1) is 6.54 Å². The molecule has 0 saturated heterocycles. The summed E-state index contributed by atoms with van der Waals surface area (Å²) < 4.78 is 13.4. The van der Waals surface area contributed by atoms with E-state index in [2.05, 4.69) is 5.32 Å². The third-order valence-corrected chi connectivity index (χ3v) is 2.62. The van der Waals surface area contributed by atoms with Crippen LogP contribution >= 0.6 is 12.2 Å². The topological polar surface area (TPSA) is 58.4 Å². The lowest BCUT2D eigenvalue weighted by atomic mass is 10.1. The van der Waals surface area contributed by atoms with Gasteiger partial charge in [-0.2, -0.15) is 0 Å². The van der Waals surface area contributed by atoms with Crippen molar-refractivity contribution in [2.45, 2.75) is 6.54 Å². The Morgan fingerprint density at radius 2 is 2.17 bits per heavy atom. The molecule has 0 radical (unpaired) electrons. The Hall–Kier alpha value is -1.53. The van der Waals surface area contributed by atoms with Crippen molar-refractivity contribution in [2.75, 3.05) is 20.6 Å². The molecule has 1 aromatic rings. The third-order valence-electron chi connectivity index (χ3n) is 2.39. The van der Waals surface area contributed by atoms with E-state index in [4.69, 9.17) is 18.0 Å². The van der Waals surface area contributed by atoms with Crippen LogP contribution in [0.25, 0.3) is 0 Å². The molecule has 3 N–H and O–H groups in total. The van der Waals surface area contributed by atoms with E-state index in [1.54, 1.807) is 25.1 Å². The second kappa shape index (κ2) is 6.42. The largest absolute Gasteiger partial charge is 0.389 e. The van der Waals surface area contributed by atoms with Gasteiger partial charge >= 0.3 is 0 Å². The molecule has 18 heavy (non-hydrogen) atoms. The minimum atomic E-state index is -0.386. The van der Waals surface area contributed by atoms with Crippen LogP contribution < -0.4 is 11.1 Å². The Balaban J connectivity index is 2.78. The molecule has 0 aliphatic carbocycles. The van der Waals surface area contributed by atoms with E-state index in [1.165, 1.54) is 12.1 Å². The Kier molecular flexibility index (Phi) is 5.18. The number of likely N-dealkylation sites (N-methyl/N-ethyl adjacent to an activating group) is 2. The molecule has 0 aliphatic heterocycles. The normalized spacial score (nSPS) is 10.4. The van der Waals surface area contributed by atoms with Crippen LogP contribution in [-0.2, 0) is 11.3 Å². The zero-order valence-corrected chi connectivity index (χ0v) is 11.2. The monoisotopic (exact) mass is 269 g/mol. The summed E-state index contributed by atoms with van der Waals surface area (Å²) in [7, 11) is 3.35. The number of nitrogens with zero attached hydrogens (tertiary/aromatic N) is 1. The SMILES string of the molecule is CNC(=O)CN(C)Cc1cc(F)cc(C(N)=S)c1. The van der Waals surface area contributed by atoms with E-state index in [9.17, 15) is 9.18 Å². The van der Waals surface area contributed by atoms with Crippen LogP contribution in [0.3, 0.4) is 0 Å². The first-order valence-electron chi connectivity index (χ1n) is 5.40. The Morgan fingerprint density at radius 1 is 1.50 bits per heavy atom. The number of halogens is 1. The van der Waals surface area contributed by atoms with Crippen LogP contribution in [0.4, 0.5) is 4.39 Å². The summed E-state index contributed by atoms with van der Waals surface area (Å²) in [6, 6.07) is 4.43. The maximum Gasteiger partial charge on any atom is 0.233 e. The summed E-state index contributed by atoms with van der Waals surface area (Å²) in [5.74, 6) is -0.480. The number of carbonyl (C=O) groups is 1. The van der Waals surface area contributed by atoms with E-state index in [-0.39, 0.29) is 23.3 Å². The van der Waals surface area contributed by atoms with Gasteiger partial charge in [-0.25, -0.2) is 4.39 Å². The molecule has 0 unspecified atom stereocenters. The Bertz CT molecular complexity index is 465. The molecular formula is C12H16FN3OS. The Labute approximate surface area is 111 Å². The number of thiocarbonyl (C=S) groups is 1. The maximum atomic E-state index is 13.4. The van der Waals surface area contributed by atoms with E-state index in [0.717, 1.165) is 5.56 Å². The van der Waals surface area contributed by atoms with Crippen LogP contribution in [0.5, 0.6) is 0 Å². The molecule has 0 fully saturated rings. The van der Waals surface area contributed by atoms with Gasteiger partial charge in [0.1, 0.15) is 10.8 Å². The number of hydrogen-bond donors (Lipinski definition) is 2. The molecule has 4 nitrogen and oxygen atoms in total. The average molecular weight is 269 g/mol. The van der Waals surface area contributed by atoms with E-state index in [1.807, 2.05) is 0 Å². The highest BCUT2D eigenvalue weighted by Gasteiger charge is 2.08. The predicted octanol–water partition coefficient (Wildman–Crippen LogP) is 0.638. The van der Waals surface area contributed by atoms with Gasteiger partial charge in [-0.05, 0) is 30.8 Å². The van der Waals surface area contributed by atoms with Crippen molar-refractivity contribution >= 4 is 23.1 Å². The van der Waals surface area contributed by atoms with Crippen LogP contribution in [0.1, 0.15) is 11.1 Å². The summed E-state index contributed by atoms with van der Waals surface area (Å²) >= 11 is 4.82. The van der Waals surface area contributed by atoms with Crippen molar-refractivity contribution in [3.05, 3.63) is 35.1 Å². The van der Waals surface area contributed by atoms with E-state index < -0.39 is 0 Å². The molecule has 0 saturated carbocycles. The van der Waals surface area contributed by atoms with E-state index in [0.29, 0.717) is 12.1 Å². The molecule has 1 rings (SSSR count). The smallest absolute Gasteiger partial charge is 0.233 e. The molecule has 0 bridgehead atoms. The Morgan fingerprint density at radius 3 is 2.72 bits per heavy atom. The van der Waals surface area contributed by atoms with Crippen LogP contribution in [0.2, 0.25) is 0 Å².